The van der Waals surface area contributed by atoms with Gasteiger partial charge in [-0.25, -0.2) is 14.2 Å². The highest BCUT2D eigenvalue weighted by Crippen LogP contribution is 2.24. The molecule has 2 rings (SSSR count). The average molecular weight is 341 g/mol. The molecule has 0 aliphatic heterocycles. The molecule has 0 unspecified atom stereocenters. The minimum absolute atomic E-state index is 0.0661. The third kappa shape index (κ3) is 4.72. The monoisotopic (exact) mass is 340 g/mol. The molecule has 1 aromatic carbocycles. The molecule has 1 aromatic heterocycles. The summed E-state index contributed by atoms with van der Waals surface area (Å²) in [4.78, 5) is 19.7. The Bertz CT molecular complexity index is 682. The Morgan fingerprint density at radius 3 is 2.74 bits per heavy atom. The van der Waals surface area contributed by atoms with Crippen molar-refractivity contribution in [3.05, 3.63) is 53.1 Å². The minimum Gasteiger partial charge on any atom is -0.489 e. The Kier molecular flexibility index (Phi) is 5.59. The van der Waals surface area contributed by atoms with E-state index < -0.39 is 11.9 Å². The first-order valence-corrected chi connectivity index (χ1v) is 7.08. The van der Waals surface area contributed by atoms with Crippen LogP contribution in [0.2, 0.25) is 5.15 Å². The van der Waals surface area contributed by atoms with E-state index in [0.29, 0.717) is 10.2 Å². The van der Waals surface area contributed by atoms with Crippen LogP contribution < -0.4 is 9.57 Å². The van der Waals surface area contributed by atoms with Gasteiger partial charge in [0.15, 0.2) is 11.6 Å². The topological polar surface area (TPSA) is 71.9 Å². The minimum atomic E-state index is -1.30. The Morgan fingerprint density at radius 1 is 1.39 bits per heavy atom. The van der Waals surface area contributed by atoms with Crippen molar-refractivity contribution in [1.82, 2.24) is 10.0 Å². The Morgan fingerprint density at radius 2 is 2.17 bits per heavy atom. The number of benzene rings is 1. The van der Waals surface area contributed by atoms with Crippen molar-refractivity contribution in [2.75, 3.05) is 6.54 Å². The van der Waals surface area contributed by atoms with E-state index in [2.05, 4.69) is 4.98 Å². The van der Waals surface area contributed by atoms with Crippen LogP contribution in [0.1, 0.15) is 12.5 Å². The number of hydroxylamine groups is 2. The average Bonchev–Trinajstić information content (AvgIpc) is 2.53. The molecular formula is C15H14ClFN2O4. The maximum atomic E-state index is 13.9. The molecule has 1 N–H and O–H groups in total. The highest BCUT2D eigenvalue weighted by Gasteiger charge is 2.15. The standard InChI is InChI=1S/C15H14ClFN2O4/c1-2-19(15(20)21)23-13-5-4-11(7-12(13)17)22-9-10-3-6-14(16)18-8-10/h3-8H,2,9H2,1H3,(H,20,21). The number of ether oxygens (including phenoxy) is 1. The van der Waals surface area contributed by atoms with Crippen molar-refractivity contribution in [2.45, 2.75) is 13.5 Å². The van der Waals surface area contributed by atoms with Crippen molar-refractivity contribution in [2.24, 2.45) is 0 Å². The lowest BCUT2D eigenvalue weighted by molar-refractivity contribution is -0.0344. The molecule has 0 aliphatic rings. The molecule has 0 saturated heterocycles. The lowest BCUT2D eigenvalue weighted by Crippen LogP contribution is -2.32. The molecule has 0 bridgehead atoms. The van der Waals surface area contributed by atoms with E-state index in [1.54, 1.807) is 25.3 Å². The summed E-state index contributed by atoms with van der Waals surface area (Å²) in [5.41, 5.74) is 0.776. The fourth-order valence-corrected chi connectivity index (χ4v) is 1.77. The predicted octanol–water partition coefficient (Wildman–Crippen LogP) is 3.75. The maximum absolute atomic E-state index is 13.9. The Labute approximate surface area is 137 Å². The predicted molar refractivity (Wildman–Crippen MR) is 81.0 cm³/mol. The number of pyridine rings is 1. The molecule has 2 aromatic rings. The molecule has 8 heteroatoms. The first kappa shape index (κ1) is 16.8. The van der Waals surface area contributed by atoms with E-state index in [0.717, 1.165) is 11.6 Å². The molecule has 0 spiro atoms. The molecular weight excluding hydrogens is 327 g/mol. The quantitative estimate of drug-likeness (QED) is 0.640. The first-order valence-electron chi connectivity index (χ1n) is 6.70. The summed E-state index contributed by atoms with van der Waals surface area (Å²) in [6.07, 6.45) is 0.254. The molecule has 23 heavy (non-hydrogen) atoms. The highest BCUT2D eigenvalue weighted by molar-refractivity contribution is 6.29. The number of carboxylic acid groups (broad SMARTS) is 1. The number of hydrogen-bond donors (Lipinski definition) is 1. The molecule has 6 nitrogen and oxygen atoms in total. The van der Waals surface area contributed by atoms with Gasteiger partial charge in [-0.3, -0.25) is 0 Å². The zero-order valence-corrected chi connectivity index (χ0v) is 13.0. The van der Waals surface area contributed by atoms with Crippen molar-refractivity contribution in [3.63, 3.8) is 0 Å². The number of hydrogen-bond acceptors (Lipinski definition) is 4. The van der Waals surface area contributed by atoms with Crippen LogP contribution in [0.4, 0.5) is 9.18 Å². The van der Waals surface area contributed by atoms with Gasteiger partial charge < -0.3 is 14.7 Å². The second-order valence-corrected chi connectivity index (χ2v) is 4.83. The lowest BCUT2D eigenvalue weighted by Gasteiger charge is -2.17. The van der Waals surface area contributed by atoms with Gasteiger partial charge in [-0.2, -0.15) is 0 Å². The summed E-state index contributed by atoms with van der Waals surface area (Å²) in [5, 5.41) is 9.85. The first-order chi connectivity index (χ1) is 11.0. The Hall–Kier alpha value is -2.54. The third-order valence-corrected chi connectivity index (χ3v) is 3.03. The normalized spacial score (nSPS) is 10.2. The van der Waals surface area contributed by atoms with Gasteiger partial charge in [0, 0.05) is 17.8 Å². The maximum Gasteiger partial charge on any atom is 0.440 e. The summed E-state index contributed by atoms with van der Waals surface area (Å²) >= 11 is 5.68. The third-order valence-electron chi connectivity index (χ3n) is 2.81. The van der Waals surface area contributed by atoms with Gasteiger partial charge in [0.25, 0.3) is 0 Å². The van der Waals surface area contributed by atoms with E-state index in [1.807, 2.05) is 0 Å². The molecule has 1 amide bonds. The number of nitrogens with zero attached hydrogens (tertiary/aromatic N) is 2. The number of amides is 1. The zero-order valence-electron chi connectivity index (χ0n) is 12.2. The van der Waals surface area contributed by atoms with Gasteiger partial charge in [-0.15, -0.1) is 5.06 Å². The molecule has 0 aliphatic carbocycles. The van der Waals surface area contributed by atoms with Gasteiger partial charge in [0.1, 0.15) is 17.5 Å². The van der Waals surface area contributed by atoms with Crippen LogP contribution in [0.15, 0.2) is 36.5 Å². The summed E-state index contributed by atoms with van der Waals surface area (Å²) in [6, 6.07) is 7.28. The number of halogens is 2. The van der Waals surface area contributed by atoms with Gasteiger partial charge >= 0.3 is 6.09 Å². The van der Waals surface area contributed by atoms with Crippen molar-refractivity contribution in [1.29, 1.82) is 0 Å². The fraction of sp³-hybridized carbons (Fsp3) is 0.200. The molecule has 0 fully saturated rings. The van der Waals surface area contributed by atoms with Gasteiger partial charge in [0.05, 0.1) is 6.54 Å². The zero-order chi connectivity index (χ0) is 16.8. The second-order valence-electron chi connectivity index (χ2n) is 4.44. The van der Waals surface area contributed by atoms with Crippen molar-refractivity contribution < 1.29 is 23.9 Å². The summed E-state index contributed by atoms with van der Waals surface area (Å²) < 4.78 is 19.4. The lowest BCUT2D eigenvalue weighted by atomic mass is 10.3. The summed E-state index contributed by atoms with van der Waals surface area (Å²) in [7, 11) is 0. The van der Waals surface area contributed by atoms with E-state index >= 15 is 0 Å². The van der Waals surface area contributed by atoms with Crippen molar-refractivity contribution in [3.8, 4) is 11.5 Å². The van der Waals surface area contributed by atoms with Crippen LogP contribution in [-0.4, -0.2) is 27.8 Å². The van der Waals surface area contributed by atoms with Crippen LogP contribution >= 0.6 is 11.6 Å². The van der Waals surface area contributed by atoms with E-state index in [1.165, 1.54) is 12.1 Å². The van der Waals surface area contributed by atoms with E-state index in [4.69, 9.17) is 26.3 Å². The largest absolute Gasteiger partial charge is 0.489 e. The van der Waals surface area contributed by atoms with Crippen LogP contribution in [0.25, 0.3) is 0 Å². The molecule has 1 heterocycles. The SMILES string of the molecule is CCN(Oc1ccc(OCc2ccc(Cl)nc2)cc1F)C(=O)O. The van der Waals surface area contributed by atoms with E-state index in [-0.39, 0.29) is 24.7 Å². The highest BCUT2D eigenvalue weighted by atomic mass is 35.5. The molecule has 0 atom stereocenters. The fourth-order valence-electron chi connectivity index (χ4n) is 1.66. The van der Waals surface area contributed by atoms with Crippen LogP contribution in [0.3, 0.4) is 0 Å². The molecule has 0 saturated carbocycles. The van der Waals surface area contributed by atoms with Crippen LogP contribution in [0.5, 0.6) is 11.5 Å². The van der Waals surface area contributed by atoms with Crippen molar-refractivity contribution >= 4 is 17.7 Å². The number of rotatable bonds is 6. The smallest absolute Gasteiger partial charge is 0.440 e. The van der Waals surface area contributed by atoms with Gasteiger partial charge in [-0.1, -0.05) is 17.7 Å². The van der Waals surface area contributed by atoms with Crippen LogP contribution in [0, 0.1) is 5.82 Å². The van der Waals surface area contributed by atoms with E-state index in [9.17, 15) is 9.18 Å². The summed E-state index contributed by atoms with van der Waals surface area (Å²) in [5.74, 6) is -0.644. The number of aromatic nitrogens is 1. The molecule has 122 valence electrons. The molecule has 0 radical (unpaired) electrons. The summed E-state index contributed by atoms with van der Waals surface area (Å²) in [6.45, 7) is 1.83. The van der Waals surface area contributed by atoms with Gasteiger partial charge in [-0.05, 0) is 25.1 Å². The van der Waals surface area contributed by atoms with Crippen LogP contribution in [-0.2, 0) is 6.61 Å². The second kappa shape index (κ2) is 7.64. The number of carbonyl (C=O) groups is 1. The van der Waals surface area contributed by atoms with Gasteiger partial charge in [0.2, 0.25) is 0 Å². The Balaban J connectivity index is 2.01.